The fourth-order valence-corrected chi connectivity index (χ4v) is 3.27. The van der Waals surface area contributed by atoms with Gasteiger partial charge in [-0.15, -0.1) is 0 Å². The van der Waals surface area contributed by atoms with Crippen molar-refractivity contribution in [3.63, 3.8) is 0 Å². The number of amides is 2. The molecule has 7 heteroatoms. The van der Waals surface area contributed by atoms with Gasteiger partial charge in [-0.1, -0.05) is 54.4 Å². The number of carbonyl (C=O) groups is 2. The van der Waals surface area contributed by atoms with Crippen LogP contribution in [0.5, 0.6) is 5.75 Å². The van der Waals surface area contributed by atoms with Crippen molar-refractivity contribution in [1.29, 1.82) is 0 Å². The van der Waals surface area contributed by atoms with Gasteiger partial charge in [0.15, 0.2) is 6.61 Å². The standard InChI is InChI=1S/C22H26Cl2N2O3/c1-4-20(22(28)25-15(2)3)26(13-16-8-5-6-11-19(16)24)21(27)14-29-18-10-7-9-17(23)12-18/h5-12,15,20H,4,13-14H2,1-3H3,(H,25,28)/t20-/m0/s1. The van der Waals surface area contributed by atoms with Crippen molar-refractivity contribution in [3.8, 4) is 5.75 Å². The van der Waals surface area contributed by atoms with E-state index in [1.54, 1.807) is 30.3 Å². The van der Waals surface area contributed by atoms with Crippen LogP contribution in [0, 0.1) is 0 Å². The number of carbonyl (C=O) groups excluding carboxylic acids is 2. The van der Waals surface area contributed by atoms with Gasteiger partial charge in [-0.05, 0) is 50.1 Å². The highest BCUT2D eigenvalue weighted by Crippen LogP contribution is 2.21. The third-order valence-electron chi connectivity index (χ3n) is 4.27. The van der Waals surface area contributed by atoms with Gasteiger partial charge in [-0.3, -0.25) is 9.59 Å². The Morgan fingerprint density at radius 1 is 1.10 bits per heavy atom. The number of nitrogens with zero attached hydrogens (tertiary/aromatic N) is 1. The van der Waals surface area contributed by atoms with Crippen molar-refractivity contribution in [2.75, 3.05) is 6.61 Å². The van der Waals surface area contributed by atoms with Crippen LogP contribution in [0.4, 0.5) is 0 Å². The lowest BCUT2D eigenvalue weighted by Gasteiger charge is -2.31. The van der Waals surface area contributed by atoms with Crippen LogP contribution in [0.3, 0.4) is 0 Å². The molecule has 0 saturated carbocycles. The van der Waals surface area contributed by atoms with E-state index in [4.69, 9.17) is 27.9 Å². The van der Waals surface area contributed by atoms with Crippen LogP contribution < -0.4 is 10.1 Å². The summed E-state index contributed by atoms with van der Waals surface area (Å²) in [6.07, 6.45) is 0.464. The molecule has 0 heterocycles. The summed E-state index contributed by atoms with van der Waals surface area (Å²) in [5.41, 5.74) is 0.765. The van der Waals surface area contributed by atoms with Crippen LogP contribution in [0.25, 0.3) is 0 Å². The fraction of sp³-hybridized carbons (Fsp3) is 0.364. The van der Waals surface area contributed by atoms with Crippen LogP contribution in [-0.4, -0.2) is 35.4 Å². The zero-order chi connectivity index (χ0) is 21.4. The molecule has 1 atom stereocenters. The maximum absolute atomic E-state index is 13.1. The summed E-state index contributed by atoms with van der Waals surface area (Å²) < 4.78 is 5.61. The molecule has 0 aliphatic carbocycles. The van der Waals surface area contributed by atoms with Crippen LogP contribution in [0.15, 0.2) is 48.5 Å². The van der Waals surface area contributed by atoms with E-state index >= 15 is 0 Å². The minimum Gasteiger partial charge on any atom is -0.484 e. The molecule has 1 N–H and O–H groups in total. The van der Waals surface area contributed by atoms with Crippen molar-refractivity contribution in [1.82, 2.24) is 10.2 Å². The number of benzene rings is 2. The lowest BCUT2D eigenvalue weighted by Crippen LogP contribution is -2.51. The molecule has 0 bridgehead atoms. The predicted molar refractivity (Wildman–Crippen MR) is 116 cm³/mol. The average molecular weight is 437 g/mol. The second kappa shape index (κ2) is 11.1. The highest BCUT2D eigenvalue weighted by Gasteiger charge is 2.29. The molecule has 2 rings (SSSR count). The van der Waals surface area contributed by atoms with Crippen LogP contribution in [0.1, 0.15) is 32.8 Å². The van der Waals surface area contributed by atoms with Gasteiger partial charge in [-0.25, -0.2) is 0 Å². The monoisotopic (exact) mass is 436 g/mol. The Balaban J connectivity index is 2.23. The predicted octanol–water partition coefficient (Wildman–Crippen LogP) is 4.70. The number of rotatable bonds is 9. The van der Waals surface area contributed by atoms with E-state index in [-0.39, 0.29) is 31.0 Å². The van der Waals surface area contributed by atoms with Crippen molar-refractivity contribution in [3.05, 3.63) is 64.1 Å². The molecule has 0 spiro atoms. The number of ether oxygens (including phenoxy) is 1. The van der Waals surface area contributed by atoms with Gasteiger partial charge in [0.2, 0.25) is 5.91 Å². The SMILES string of the molecule is CC[C@@H](C(=O)NC(C)C)N(Cc1ccccc1Cl)C(=O)COc1cccc(Cl)c1. The van der Waals surface area contributed by atoms with E-state index in [0.29, 0.717) is 22.2 Å². The van der Waals surface area contributed by atoms with Crippen LogP contribution in [-0.2, 0) is 16.1 Å². The largest absolute Gasteiger partial charge is 0.484 e. The molecule has 2 amide bonds. The maximum Gasteiger partial charge on any atom is 0.261 e. The van der Waals surface area contributed by atoms with E-state index < -0.39 is 6.04 Å². The summed E-state index contributed by atoms with van der Waals surface area (Å²) in [6, 6.07) is 13.4. The van der Waals surface area contributed by atoms with Gasteiger partial charge in [0, 0.05) is 22.6 Å². The second-order valence-electron chi connectivity index (χ2n) is 6.95. The number of halogens is 2. The number of nitrogens with one attached hydrogen (secondary N) is 1. The molecule has 0 fully saturated rings. The lowest BCUT2D eigenvalue weighted by molar-refractivity contribution is -0.143. The first kappa shape index (κ1) is 23.0. The molecule has 0 saturated heterocycles. The topological polar surface area (TPSA) is 58.6 Å². The van der Waals surface area contributed by atoms with E-state index in [2.05, 4.69) is 5.32 Å². The average Bonchev–Trinajstić information content (AvgIpc) is 2.67. The molecule has 0 radical (unpaired) electrons. The zero-order valence-electron chi connectivity index (χ0n) is 16.8. The molecule has 0 aliphatic heterocycles. The third-order valence-corrected chi connectivity index (χ3v) is 4.88. The van der Waals surface area contributed by atoms with E-state index in [1.165, 1.54) is 4.90 Å². The Kier molecular flexibility index (Phi) is 8.80. The molecule has 0 aliphatic rings. The van der Waals surface area contributed by atoms with E-state index in [9.17, 15) is 9.59 Å². The highest BCUT2D eigenvalue weighted by atomic mass is 35.5. The number of hydrogen-bond donors (Lipinski definition) is 1. The first-order valence-corrected chi connectivity index (χ1v) is 10.3. The summed E-state index contributed by atoms with van der Waals surface area (Å²) in [6.45, 7) is 5.63. The summed E-state index contributed by atoms with van der Waals surface area (Å²) in [5.74, 6) is -0.0236. The highest BCUT2D eigenvalue weighted by molar-refractivity contribution is 6.31. The Morgan fingerprint density at radius 3 is 2.45 bits per heavy atom. The van der Waals surface area contributed by atoms with Crippen molar-refractivity contribution in [2.24, 2.45) is 0 Å². The van der Waals surface area contributed by atoms with Gasteiger partial charge in [0.25, 0.3) is 5.91 Å². The number of hydrogen-bond acceptors (Lipinski definition) is 3. The van der Waals surface area contributed by atoms with Crippen LogP contribution >= 0.6 is 23.2 Å². The molecule has 156 valence electrons. The maximum atomic E-state index is 13.1. The van der Waals surface area contributed by atoms with E-state index in [0.717, 1.165) is 5.56 Å². The zero-order valence-corrected chi connectivity index (χ0v) is 18.3. The third kappa shape index (κ3) is 6.94. The minimum atomic E-state index is -0.635. The first-order valence-electron chi connectivity index (χ1n) is 9.53. The molecular weight excluding hydrogens is 411 g/mol. The molecule has 5 nitrogen and oxygen atoms in total. The van der Waals surface area contributed by atoms with Gasteiger partial charge in [0.1, 0.15) is 11.8 Å². The van der Waals surface area contributed by atoms with Gasteiger partial charge < -0.3 is 15.0 Å². The summed E-state index contributed by atoms with van der Waals surface area (Å²) >= 11 is 12.3. The van der Waals surface area contributed by atoms with Crippen molar-refractivity contribution < 1.29 is 14.3 Å². The molecule has 0 aromatic heterocycles. The molecule has 29 heavy (non-hydrogen) atoms. The molecule has 2 aromatic rings. The first-order chi connectivity index (χ1) is 13.8. The Bertz CT molecular complexity index is 842. The van der Waals surface area contributed by atoms with Crippen molar-refractivity contribution >= 4 is 35.0 Å². The molecular formula is C22H26Cl2N2O3. The molecule has 0 unspecified atom stereocenters. The van der Waals surface area contributed by atoms with Gasteiger partial charge in [-0.2, -0.15) is 0 Å². The molecule has 2 aromatic carbocycles. The lowest BCUT2D eigenvalue weighted by atomic mass is 10.1. The quantitative estimate of drug-likeness (QED) is 0.619. The summed E-state index contributed by atoms with van der Waals surface area (Å²) in [7, 11) is 0. The summed E-state index contributed by atoms with van der Waals surface area (Å²) in [5, 5.41) is 3.95. The minimum absolute atomic E-state index is 0.0310. The van der Waals surface area contributed by atoms with Gasteiger partial charge in [0.05, 0.1) is 0 Å². The Labute approximate surface area is 181 Å². The van der Waals surface area contributed by atoms with Gasteiger partial charge >= 0.3 is 0 Å². The Morgan fingerprint density at radius 2 is 1.83 bits per heavy atom. The smallest absolute Gasteiger partial charge is 0.261 e. The van der Waals surface area contributed by atoms with Crippen molar-refractivity contribution in [2.45, 2.75) is 45.8 Å². The fourth-order valence-electron chi connectivity index (χ4n) is 2.90. The van der Waals surface area contributed by atoms with Crippen LogP contribution in [0.2, 0.25) is 10.0 Å². The second-order valence-corrected chi connectivity index (χ2v) is 7.79. The normalized spacial score (nSPS) is 11.8. The summed E-state index contributed by atoms with van der Waals surface area (Å²) in [4.78, 5) is 27.3. The Hall–Kier alpha value is -2.24. The van der Waals surface area contributed by atoms with E-state index in [1.807, 2.05) is 39.0 Å².